The van der Waals surface area contributed by atoms with Crippen molar-refractivity contribution in [1.82, 2.24) is 0 Å². The Hall–Kier alpha value is 0.415. The molecule has 0 saturated heterocycles. The van der Waals surface area contributed by atoms with Crippen LogP contribution in [0, 0.1) is 0 Å². The van der Waals surface area contributed by atoms with Crippen molar-refractivity contribution in [2.24, 2.45) is 0 Å². The van der Waals surface area contributed by atoms with Gasteiger partial charge in [-0.2, -0.15) is 12.6 Å². The van der Waals surface area contributed by atoms with Gasteiger partial charge in [-0.05, 0) is 12.2 Å². The minimum atomic E-state index is 0.840. The van der Waals surface area contributed by atoms with Crippen LogP contribution in [0.4, 0.5) is 0 Å². The molecule has 8 heavy (non-hydrogen) atoms. The first-order valence-corrected chi connectivity index (χ1v) is 3.86. The van der Waals surface area contributed by atoms with Crippen LogP contribution in [0.25, 0.3) is 0 Å². The Morgan fingerprint density at radius 2 is 1.62 bits per heavy atom. The molecule has 0 aromatic heterocycles. The Bertz CT molecular complexity index is 33.5. The minimum Gasteiger partial charge on any atom is -0.179 e. The van der Waals surface area contributed by atoms with Gasteiger partial charge >= 0.3 is 0 Å². The first kappa shape index (κ1) is 8.41. The molecule has 0 aromatic carbocycles. The maximum Gasteiger partial charge on any atom is 0.0653 e. The molecule has 0 N–H and O–H groups in total. The van der Waals surface area contributed by atoms with Crippen molar-refractivity contribution < 1.29 is 0 Å². The lowest BCUT2D eigenvalue weighted by Crippen LogP contribution is -1.77. The molecule has 0 atom stereocenters. The maximum atomic E-state index is 5.29. The van der Waals surface area contributed by atoms with Crippen LogP contribution in [0.5, 0.6) is 0 Å². The molecule has 2 radical (unpaired) electrons. The number of rotatable bonds is 5. The molecule has 0 nitrogen and oxygen atoms in total. The number of thiol groups is 1. The molecule has 0 aliphatic heterocycles. The summed E-state index contributed by atoms with van der Waals surface area (Å²) in [4.78, 5) is 0. The van der Waals surface area contributed by atoms with Crippen LogP contribution in [-0.4, -0.2) is 13.6 Å². The van der Waals surface area contributed by atoms with Crippen LogP contribution in [0.1, 0.15) is 25.7 Å². The predicted octanol–water partition coefficient (Wildman–Crippen LogP) is 2.06. The van der Waals surface area contributed by atoms with Gasteiger partial charge in [0, 0.05) is 0 Å². The number of hydrogen-bond donors (Lipinski definition) is 1. The predicted molar refractivity (Wildman–Crippen MR) is 42.9 cm³/mol. The zero-order valence-corrected chi connectivity index (χ0v) is 6.16. The van der Waals surface area contributed by atoms with Gasteiger partial charge in [0.25, 0.3) is 0 Å². The van der Waals surface area contributed by atoms with Gasteiger partial charge < -0.3 is 0 Å². The molecule has 0 amide bonds. The second-order valence-electron chi connectivity index (χ2n) is 1.93. The monoisotopic (exact) mass is 128 g/mol. The molecule has 46 valence electrons. The van der Waals surface area contributed by atoms with Gasteiger partial charge in [-0.1, -0.05) is 25.6 Å². The fourth-order valence-electron chi connectivity index (χ4n) is 0.610. The summed E-state index contributed by atoms with van der Waals surface area (Å²) in [7, 11) is 5.29. The largest absolute Gasteiger partial charge is 0.179 e. The van der Waals surface area contributed by atoms with E-state index in [4.69, 9.17) is 7.85 Å². The molecule has 0 fully saturated rings. The molecular formula is C6H13BS. The van der Waals surface area contributed by atoms with Gasteiger partial charge in [0.05, 0.1) is 7.85 Å². The summed E-state index contributed by atoms with van der Waals surface area (Å²) >= 11 is 4.09. The highest BCUT2D eigenvalue weighted by Crippen LogP contribution is 2.01. The molecule has 0 heterocycles. The van der Waals surface area contributed by atoms with Gasteiger partial charge in [-0.25, -0.2) is 0 Å². The molecule has 0 spiro atoms. The molecule has 0 saturated carbocycles. The van der Waals surface area contributed by atoms with E-state index in [-0.39, 0.29) is 0 Å². The van der Waals surface area contributed by atoms with Crippen LogP contribution in [0.2, 0.25) is 6.32 Å². The number of unbranched alkanes of at least 4 members (excludes halogenated alkanes) is 3. The van der Waals surface area contributed by atoms with Gasteiger partial charge in [-0.3, -0.25) is 0 Å². The quantitative estimate of drug-likeness (QED) is 0.327. The zero-order chi connectivity index (χ0) is 6.24. The van der Waals surface area contributed by atoms with Crippen molar-refractivity contribution in [3.8, 4) is 0 Å². The highest BCUT2D eigenvalue weighted by atomic mass is 32.1. The summed E-state index contributed by atoms with van der Waals surface area (Å²) in [6.45, 7) is 0. The summed E-state index contributed by atoms with van der Waals surface area (Å²) in [5.41, 5.74) is 0. The molecule has 0 unspecified atom stereocenters. The molecule has 0 aliphatic rings. The van der Waals surface area contributed by atoms with Crippen LogP contribution in [0.3, 0.4) is 0 Å². The van der Waals surface area contributed by atoms with E-state index in [0.29, 0.717) is 0 Å². The Morgan fingerprint density at radius 1 is 1.00 bits per heavy atom. The summed E-state index contributed by atoms with van der Waals surface area (Å²) < 4.78 is 0. The van der Waals surface area contributed by atoms with Crippen molar-refractivity contribution >= 4 is 20.5 Å². The standard InChI is InChI=1S/C6H13BS/c7-5-3-1-2-4-6-8/h8H,1-6H2. The maximum absolute atomic E-state index is 5.29. The molecule has 0 rings (SSSR count). The summed E-state index contributed by atoms with van der Waals surface area (Å²) in [5.74, 6) is 1.02. The second-order valence-corrected chi connectivity index (χ2v) is 2.37. The third-order valence-electron chi connectivity index (χ3n) is 1.11. The van der Waals surface area contributed by atoms with Crippen molar-refractivity contribution in [2.45, 2.75) is 32.0 Å². The van der Waals surface area contributed by atoms with E-state index in [2.05, 4.69) is 12.6 Å². The minimum absolute atomic E-state index is 0.840. The lowest BCUT2D eigenvalue weighted by Gasteiger charge is -1.93. The van der Waals surface area contributed by atoms with Crippen LogP contribution >= 0.6 is 12.6 Å². The molecule has 0 bridgehead atoms. The average molecular weight is 128 g/mol. The van der Waals surface area contributed by atoms with E-state index in [1.54, 1.807) is 0 Å². The van der Waals surface area contributed by atoms with Gasteiger partial charge in [0.2, 0.25) is 0 Å². The normalized spacial score (nSPS) is 9.62. The Kier molecular flexibility index (Phi) is 7.80. The molecule has 2 heteroatoms. The van der Waals surface area contributed by atoms with Crippen molar-refractivity contribution in [3.63, 3.8) is 0 Å². The topological polar surface area (TPSA) is 0 Å². The van der Waals surface area contributed by atoms with E-state index in [1.807, 2.05) is 0 Å². The summed E-state index contributed by atoms with van der Waals surface area (Å²) in [5, 5.41) is 0. The Balaban J connectivity index is 2.53. The highest BCUT2D eigenvalue weighted by Gasteiger charge is 1.83. The smallest absolute Gasteiger partial charge is 0.0653 e. The van der Waals surface area contributed by atoms with Gasteiger partial charge in [0.1, 0.15) is 0 Å². The van der Waals surface area contributed by atoms with Crippen molar-refractivity contribution in [1.29, 1.82) is 0 Å². The highest BCUT2D eigenvalue weighted by molar-refractivity contribution is 7.80. The Labute approximate surface area is 58.9 Å². The zero-order valence-electron chi connectivity index (χ0n) is 5.27. The lowest BCUT2D eigenvalue weighted by atomic mass is 9.99. The van der Waals surface area contributed by atoms with Gasteiger partial charge in [0.15, 0.2) is 0 Å². The van der Waals surface area contributed by atoms with Crippen LogP contribution in [0.15, 0.2) is 0 Å². The van der Waals surface area contributed by atoms with E-state index >= 15 is 0 Å². The first-order valence-electron chi connectivity index (χ1n) is 3.22. The van der Waals surface area contributed by atoms with Crippen molar-refractivity contribution in [3.05, 3.63) is 0 Å². The third kappa shape index (κ3) is 6.41. The van der Waals surface area contributed by atoms with E-state index in [1.165, 1.54) is 25.7 Å². The summed E-state index contributed by atoms with van der Waals surface area (Å²) in [6.07, 6.45) is 5.82. The van der Waals surface area contributed by atoms with Crippen LogP contribution < -0.4 is 0 Å². The van der Waals surface area contributed by atoms with Crippen molar-refractivity contribution in [2.75, 3.05) is 5.75 Å². The molecule has 0 aliphatic carbocycles. The molecule has 0 aromatic rings. The summed E-state index contributed by atoms with van der Waals surface area (Å²) in [6, 6.07) is 0. The van der Waals surface area contributed by atoms with E-state index in [9.17, 15) is 0 Å². The first-order chi connectivity index (χ1) is 3.91. The molecular weight excluding hydrogens is 115 g/mol. The van der Waals surface area contributed by atoms with E-state index < -0.39 is 0 Å². The SMILES string of the molecule is [B]CCCCCCS. The average Bonchev–Trinajstić information content (AvgIpc) is 1.81. The van der Waals surface area contributed by atoms with Gasteiger partial charge in [-0.15, -0.1) is 0 Å². The fourth-order valence-corrected chi connectivity index (χ4v) is 0.833. The second kappa shape index (κ2) is 7.41. The fraction of sp³-hybridized carbons (Fsp3) is 1.00. The van der Waals surface area contributed by atoms with E-state index in [0.717, 1.165) is 12.1 Å². The lowest BCUT2D eigenvalue weighted by molar-refractivity contribution is 0.707. The number of hydrogen-bond acceptors (Lipinski definition) is 1. The van der Waals surface area contributed by atoms with Crippen LogP contribution in [-0.2, 0) is 0 Å². The third-order valence-corrected chi connectivity index (χ3v) is 1.43. The Morgan fingerprint density at radius 3 is 2.12 bits per heavy atom.